The molecule has 21 heavy (non-hydrogen) atoms. The van der Waals surface area contributed by atoms with Crippen LogP contribution in [0.15, 0.2) is 48.8 Å². The molecule has 0 saturated carbocycles. The topological polar surface area (TPSA) is 99.5 Å². The maximum absolute atomic E-state index is 12.0. The first-order chi connectivity index (χ1) is 10.1. The Morgan fingerprint density at radius 3 is 2.52 bits per heavy atom. The van der Waals surface area contributed by atoms with Crippen molar-refractivity contribution in [3.63, 3.8) is 0 Å². The first kappa shape index (κ1) is 14.5. The summed E-state index contributed by atoms with van der Waals surface area (Å²) in [4.78, 5) is 26.9. The fraction of sp³-hybridized carbons (Fsp3) is 0.133. The second kappa shape index (κ2) is 6.51. The van der Waals surface area contributed by atoms with Crippen molar-refractivity contribution in [1.29, 1.82) is 0 Å². The zero-order chi connectivity index (χ0) is 15.2. The van der Waals surface area contributed by atoms with Crippen molar-refractivity contribution >= 4 is 11.9 Å². The summed E-state index contributed by atoms with van der Waals surface area (Å²) in [6.07, 6.45) is 2.64. The predicted molar refractivity (Wildman–Crippen MR) is 74.9 cm³/mol. The van der Waals surface area contributed by atoms with Crippen molar-refractivity contribution in [3.8, 4) is 5.75 Å². The maximum atomic E-state index is 12.0. The van der Waals surface area contributed by atoms with E-state index in [1.54, 1.807) is 24.3 Å². The molecule has 3 N–H and O–H groups in total. The molecule has 2 aromatic rings. The fourth-order valence-electron chi connectivity index (χ4n) is 1.86. The average molecular weight is 286 g/mol. The number of aliphatic carboxylic acids is 1. The molecule has 1 amide bonds. The first-order valence-electron chi connectivity index (χ1n) is 6.28. The lowest BCUT2D eigenvalue weighted by atomic mass is 10.1. The van der Waals surface area contributed by atoms with Crippen molar-refractivity contribution in [2.45, 2.75) is 12.5 Å². The van der Waals surface area contributed by atoms with E-state index in [0.717, 1.165) is 11.8 Å². The van der Waals surface area contributed by atoms with Crippen molar-refractivity contribution in [3.05, 3.63) is 59.9 Å². The third kappa shape index (κ3) is 3.79. The van der Waals surface area contributed by atoms with Gasteiger partial charge in [0.05, 0.1) is 11.8 Å². The molecule has 108 valence electrons. The molecule has 1 aromatic carbocycles. The van der Waals surface area contributed by atoms with Crippen LogP contribution in [-0.4, -0.2) is 33.1 Å². The largest absolute Gasteiger partial charge is 0.505 e. The number of nitrogens with one attached hydrogen (secondary N) is 1. The minimum atomic E-state index is -1.14. The lowest BCUT2D eigenvalue weighted by Crippen LogP contribution is -2.42. The average Bonchev–Trinajstić information content (AvgIpc) is 2.48. The van der Waals surface area contributed by atoms with E-state index in [0.29, 0.717) is 0 Å². The summed E-state index contributed by atoms with van der Waals surface area (Å²) in [6.45, 7) is 0. The Morgan fingerprint density at radius 2 is 1.90 bits per heavy atom. The van der Waals surface area contributed by atoms with Gasteiger partial charge in [0.2, 0.25) is 0 Å². The van der Waals surface area contributed by atoms with E-state index in [1.807, 2.05) is 6.07 Å². The van der Waals surface area contributed by atoms with E-state index >= 15 is 0 Å². The second-order valence-corrected chi connectivity index (χ2v) is 4.45. The van der Waals surface area contributed by atoms with Gasteiger partial charge >= 0.3 is 5.97 Å². The minimum absolute atomic E-state index is 0.00990. The Hall–Kier alpha value is -2.89. The van der Waals surface area contributed by atoms with Gasteiger partial charge in [0.15, 0.2) is 0 Å². The molecular formula is C15H14N2O4. The Kier molecular flexibility index (Phi) is 4.50. The summed E-state index contributed by atoms with van der Waals surface area (Å²) in [6, 6.07) is 9.24. The van der Waals surface area contributed by atoms with Crippen LogP contribution in [0.4, 0.5) is 0 Å². The van der Waals surface area contributed by atoms with Crippen LogP contribution in [0, 0.1) is 0 Å². The zero-order valence-corrected chi connectivity index (χ0v) is 11.1. The van der Waals surface area contributed by atoms with Gasteiger partial charge in [0, 0.05) is 12.6 Å². The molecule has 0 aliphatic heterocycles. The van der Waals surface area contributed by atoms with Crippen molar-refractivity contribution in [2.24, 2.45) is 0 Å². The number of rotatable bonds is 5. The van der Waals surface area contributed by atoms with Crippen LogP contribution in [0.1, 0.15) is 15.9 Å². The maximum Gasteiger partial charge on any atom is 0.326 e. The molecule has 0 aliphatic carbocycles. The molecule has 0 saturated heterocycles. The molecule has 1 atom stereocenters. The Bertz CT molecular complexity index is 643. The van der Waals surface area contributed by atoms with Crippen LogP contribution in [0.3, 0.4) is 0 Å². The fourth-order valence-corrected chi connectivity index (χ4v) is 1.86. The van der Waals surface area contributed by atoms with Crippen molar-refractivity contribution in [2.75, 3.05) is 0 Å². The first-order valence-corrected chi connectivity index (χ1v) is 6.28. The molecule has 0 radical (unpaired) electrons. The van der Waals surface area contributed by atoms with Crippen molar-refractivity contribution < 1.29 is 19.8 Å². The summed E-state index contributed by atoms with van der Waals surface area (Å²) < 4.78 is 0. The summed E-state index contributed by atoms with van der Waals surface area (Å²) in [5.41, 5.74) is 0.786. The summed E-state index contributed by atoms with van der Waals surface area (Å²) >= 11 is 0. The monoisotopic (exact) mass is 286 g/mol. The smallest absolute Gasteiger partial charge is 0.326 e. The number of nitrogens with zero attached hydrogens (tertiary/aromatic N) is 1. The Morgan fingerprint density at radius 1 is 1.19 bits per heavy atom. The molecule has 1 unspecified atom stereocenters. The predicted octanol–water partition coefficient (Wildman–Crippen LogP) is 1.21. The van der Waals surface area contributed by atoms with E-state index < -0.39 is 17.9 Å². The van der Waals surface area contributed by atoms with Crippen LogP contribution in [-0.2, 0) is 11.2 Å². The quantitative estimate of drug-likeness (QED) is 0.767. The van der Waals surface area contributed by atoms with Gasteiger partial charge in [-0.1, -0.05) is 30.3 Å². The number of pyridine rings is 1. The highest BCUT2D eigenvalue weighted by molar-refractivity contribution is 5.98. The van der Waals surface area contributed by atoms with E-state index in [-0.39, 0.29) is 17.7 Å². The minimum Gasteiger partial charge on any atom is -0.505 e. The molecule has 0 aliphatic rings. The molecule has 1 aromatic heterocycles. The lowest BCUT2D eigenvalue weighted by Gasteiger charge is -2.15. The van der Waals surface area contributed by atoms with Gasteiger partial charge in [-0.3, -0.25) is 9.78 Å². The highest BCUT2D eigenvalue weighted by atomic mass is 16.4. The van der Waals surface area contributed by atoms with Gasteiger partial charge in [0.25, 0.3) is 5.91 Å². The standard InChI is InChI=1S/C15H14N2O4/c18-13-9-16-7-6-11(13)14(19)17-12(15(20)21)8-10-4-2-1-3-5-10/h1-7,9,12,18H,8H2,(H,17,19)(H,20,21). The molecule has 0 spiro atoms. The number of aromatic nitrogens is 1. The van der Waals surface area contributed by atoms with Gasteiger partial charge in [-0.05, 0) is 11.6 Å². The van der Waals surface area contributed by atoms with Crippen LogP contribution >= 0.6 is 0 Å². The highest BCUT2D eigenvalue weighted by Crippen LogP contribution is 2.14. The van der Waals surface area contributed by atoms with Crippen LogP contribution in [0.5, 0.6) is 5.75 Å². The highest BCUT2D eigenvalue weighted by Gasteiger charge is 2.22. The van der Waals surface area contributed by atoms with Gasteiger partial charge in [-0.25, -0.2) is 4.79 Å². The molecule has 2 rings (SSSR count). The number of benzene rings is 1. The number of carboxylic acids is 1. The molecular weight excluding hydrogens is 272 g/mol. The van der Waals surface area contributed by atoms with Gasteiger partial charge in [-0.2, -0.15) is 0 Å². The summed E-state index contributed by atoms with van der Waals surface area (Å²) in [5, 5.41) is 21.2. The number of hydrogen-bond acceptors (Lipinski definition) is 4. The van der Waals surface area contributed by atoms with E-state index in [9.17, 15) is 19.8 Å². The number of carbonyl (C=O) groups excluding carboxylic acids is 1. The number of carbonyl (C=O) groups is 2. The Balaban J connectivity index is 2.12. The van der Waals surface area contributed by atoms with Crippen molar-refractivity contribution in [1.82, 2.24) is 10.3 Å². The number of amides is 1. The molecule has 1 heterocycles. The summed E-state index contributed by atoms with van der Waals surface area (Å²) in [5.74, 6) is -2.09. The number of aromatic hydroxyl groups is 1. The lowest BCUT2D eigenvalue weighted by molar-refractivity contribution is -0.139. The van der Waals surface area contributed by atoms with E-state index in [4.69, 9.17) is 0 Å². The summed E-state index contributed by atoms with van der Waals surface area (Å²) in [7, 11) is 0. The molecule has 6 heteroatoms. The van der Waals surface area contributed by atoms with Crippen LogP contribution in [0.25, 0.3) is 0 Å². The zero-order valence-electron chi connectivity index (χ0n) is 11.1. The van der Waals surface area contributed by atoms with E-state index in [2.05, 4.69) is 10.3 Å². The number of hydrogen-bond donors (Lipinski definition) is 3. The normalized spacial score (nSPS) is 11.6. The van der Waals surface area contributed by atoms with Gasteiger partial charge in [0.1, 0.15) is 11.8 Å². The second-order valence-electron chi connectivity index (χ2n) is 4.45. The van der Waals surface area contributed by atoms with Crippen LogP contribution in [0.2, 0.25) is 0 Å². The van der Waals surface area contributed by atoms with Gasteiger partial charge < -0.3 is 15.5 Å². The third-order valence-electron chi connectivity index (χ3n) is 2.93. The third-order valence-corrected chi connectivity index (χ3v) is 2.93. The molecule has 0 fully saturated rings. The molecule has 6 nitrogen and oxygen atoms in total. The van der Waals surface area contributed by atoms with Crippen LogP contribution < -0.4 is 5.32 Å². The molecule has 0 bridgehead atoms. The number of carboxylic acid groups (broad SMARTS) is 1. The Labute approximate surface area is 121 Å². The van der Waals surface area contributed by atoms with Gasteiger partial charge in [-0.15, -0.1) is 0 Å². The SMILES string of the molecule is O=C(NC(Cc1ccccc1)C(=O)O)c1ccncc1O. The van der Waals surface area contributed by atoms with E-state index in [1.165, 1.54) is 12.3 Å².